The van der Waals surface area contributed by atoms with Gasteiger partial charge in [-0.05, 0) is 17.7 Å². The monoisotopic (exact) mass is 374 g/mol. The van der Waals surface area contributed by atoms with Gasteiger partial charge in [0.2, 0.25) is 5.91 Å². The van der Waals surface area contributed by atoms with E-state index < -0.39 is 15.9 Å². The molecule has 1 heterocycles. The van der Waals surface area contributed by atoms with Crippen LogP contribution in [0, 0.1) is 0 Å². The summed E-state index contributed by atoms with van der Waals surface area (Å²) in [4.78, 5) is 15.0. The predicted octanol–water partition coefficient (Wildman–Crippen LogP) is 2.11. The SMILES string of the molecule is COc1cccc(NC(=O)C(c2ccccc2)N2CCS(=O)(=O)CC2)c1. The van der Waals surface area contributed by atoms with Gasteiger partial charge in [-0.25, -0.2) is 8.42 Å². The molecule has 0 aliphatic carbocycles. The lowest BCUT2D eigenvalue weighted by Gasteiger charge is -2.33. The summed E-state index contributed by atoms with van der Waals surface area (Å²) in [6.45, 7) is 0.681. The van der Waals surface area contributed by atoms with Gasteiger partial charge in [-0.3, -0.25) is 9.69 Å². The Hall–Kier alpha value is -2.38. The van der Waals surface area contributed by atoms with Crippen molar-refractivity contribution in [3.63, 3.8) is 0 Å². The van der Waals surface area contributed by atoms with Gasteiger partial charge in [0.1, 0.15) is 11.8 Å². The van der Waals surface area contributed by atoms with Crippen molar-refractivity contribution >= 4 is 21.4 Å². The van der Waals surface area contributed by atoms with Crippen molar-refractivity contribution < 1.29 is 17.9 Å². The van der Waals surface area contributed by atoms with Crippen LogP contribution in [0.1, 0.15) is 11.6 Å². The van der Waals surface area contributed by atoms with Crippen molar-refractivity contribution in [3.8, 4) is 5.75 Å². The molecule has 1 N–H and O–H groups in total. The van der Waals surface area contributed by atoms with Crippen LogP contribution in [-0.4, -0.2) is 50.9 Å². The van der Waals surface area contributed by atoms with Crippen LogP contribution in [0.25, 0.3) is 0 Å². The summed E-state index contributed by atoms with van der Waals surface area (Å²) in [5.41, 5.74) is 1.48. The van der Waals surface area contributed by atoms with E-state index in [1.807, 2.05) is 35.2 Å². The van der Waals surface area contributed by atoms with Crippen LogP contribution in [-0.2, 0) is 14.6 Å². The maximum atomic E-state index is 13.0. The van der Waals surface area contributed by atoms with Gasteiger partial charge in [-0.15, -0.1) is 0 Å². The number of rotatable bonds is 5. The van der Waals surface area contributed by atoms with E-state index in [0.717, 1.165) is 5.56 Å². The van der Waals surface area contributed by atoms with Crippen molar-refractivity contribution in [1.29, 1.82) is 0 Å². The molecule has 0 spiro atoms. The highest BCUT2D eigenvalue weighted by Crippen LogP contribution is 2.25. The van der Waals surface area contributed by atoms with Crippen LogP contribution in [0.5, 0.6) is 5.75 Å². The Morgan fingerprint density at radius 1 is 1.08 bits per heavy atom. The summed E-state index contributed by atoms with van der Waals surface area (Å²) in [7, 11) is -1.44. The zero-order valence-corrected chi connectivity index (χ0v) is 15.4. The number of benzene rings is 2. The van der Waals surface area contributed by atoms with Gasteiger partial charge in [-0.1, -0.05) is 36.4 Å². The number of nitrogens with one attached hydrogen (secondary N) is 1. The van der Waals surface area contributed by atoms with Crippen molar-refractivity contribution in [3.05, 3.63) is 60.2 Å². The summed E-state index contributed by atoms with van der Waals surface area (Å²) < 4.78 is 28.7. The fraction of sp³-hybridized carbons (Fsp3) is 0.316. The van der Waals surface area contributed by atoms with E-state index in [-0.39, 0.29) is 17.4 Å². The molecule has 138 valence electrons. The minimum atomic E-state index is -3.01. The van der Waals surface area contributed by atoms with E-state index in [2.05, 4.69) is 5.32 Å². The molecular formula is C19H22N2O4S. The average Bonchev–Trinajstić information content (AvgIpc) is 2.64. The van der Waals surface area contributed by atoms with E-state index in [1.165, 1.54) is 0 Å². The first-order chi connectivity index (χ1) is 12.5. The summed E-state index contributed by atoms with van der Waals surface area (Å²) in [5, 5.41) is 2.92. The molecule has 2 aromatic rings. The number of hydrogen-bond donors (Lipinski definition) is 1. The minimum absolute atomic E-state index is 0.0722. The predicted molar refractivity (Wildman–Crippen MR) is 101 cm³/mol. The Labute approximate surface area is 153 Å². The summed E-state index contributed by atoms with van der Waals surface area (Å²) in [6.07, 6.45) is 0. The van der Waals surface area contributed by atoms with E-state index in [9.17, 15) is 13.2 Å². The molecule has 1 amide bonds. The number of methoxy groups -OCH3 is 1. The van der Waals surface area contributed by atoms with Gasteiger partial charge in [-0.2, -0.15) is 0 Å². The second kappa shape index (κ2) is 7.88. The van der Waals surface area contributed by atoms with Crippen LogP contribution < -0.4 is 10.1 Å². The summed E-state index contributed by atoms with van der Waals surface area (Å²) >= 11 is 0. The lowest BCUT2D eigenvalue weighted by atomic mass is 10.0. The number of amides is 1. The molecule has 0 saturated carbocycles. The molecule has 0 aromatic heterocycles. The standard InChI is InChI=1S/C19H22N2O4S/c1-25-17-9-5-8-16(14-17)20-19(22)18(15-6-3-2-4-7-15)21-10-12-26(23,24)13-11-21/h2-9,14,18H,10-13H2,1H3,(H,20,22). The summed E-state index contributed by atoms with van der Waals surface area (Å²) in [6, 6.07) is 16.0. The Kier molecular flexibility index (Phi) is 5.58. The van der Waals surface area contributed by atoms with Crippen molar-refractivity contribution in [1.82, 2.24) is 4.90 Å². The minimum Gasteiger partial charge on any atom is -0.497 e. The molecule has 1 aliphatic rings. The number of hydrogen-bond acceptors (Lipinski definition) is 5. The zero-order chi connectivity index (χ0) is 18.6. The van der Waals surface area contributed by atoms with Crippen LogP contribution in [0.15, 0.2) is 54.6 Å². The molecular weight excluding hydrogens is 352 g/mol. The molecule has 2 aromatic carbocycles. The van der Waals surface area contributed by atoms with Gasteiger partial charge in [0.25, 0.3) is 0 Å². The van der Waals surface area contributed by atoms with Gasteiger partial charge >= 0.3 is 0 Å². The fourth-order valence-corrected chi connectivity index (χ4v) is 4.29. The smallest absolute Gasteiger partial charge is 0.246 e. The van der Waals surface area contributed by atoms with Gasteiger partial charge in [0.05, 0.1) is 18.6 Å². The third kappa shape index (κ3) is 4.42. The number of anilines is 1. The maximum Gasteiger partial charge on any atom is 0.246 e. The summed E-state index contributed by atoms with van der Waals surface area (Å²) in [5.74, 6) is 0.609. The maximum absolute atomic E-state index is 13.0. The lowest BCUT2D eigenvalue weighted by molar-refractivity contribution is -0.121. The Morgan fingerprint density at radius 3 is 2.42 bits per heavy atom. The Balaban J connectivity index is 1.84. The van der Waals surface area contributed by atoms with Crippen molar-refractivity contribution in [2.75, 3.05) is 37.0 Å². The second-order valence-electron chi connectivity index (χ2n) is 6.22. The largest absolute Gasteiger partial charge is 0.497 e. The molecule has 0 radical (unpaired) electrons. The molecule has 1 unspecified atom stereocenters. The number of sulfone groups is 1. The fourth-order valence-electron chi connectivity index (χ4n) is 3.06. The van der Waals surface area contributed by atoms with Gasteiger partial charge < -0.3 is 10.1 Å². The molecule has 1 saturated heterocycles. The third-order valence-corrected chi connectivity index (χ3v) is 6.05. The number of carbonyl (C=O) groups excluding carboxylic acids is 1. The molecule has 1 fully saturated rings. The Morgan fingerprint density at radius 2 is 1.77 bits per heavy atom. The first-order valence-electron chi connectivity index (χ1n) is 8.43. The molecule has 6 nitrogen and oxygen atoms in total. The van der Waals surface area contributed by atoms with Crippen molar-refractivity contribution in [2.24, 2.45) is 0 Å². The number of nitrogens with zero attached hydrogens (tertiary/aromatic N) is 1. The highest BCUT2D eigenvalue weighted by atomic mass is 32.2. The molecule has 26 heavy (non-hydrogen) atoms. The van der Waals surface area contributed by atoms with E-state index in [4.69, 9.17) is 4.74 Å². The topological polar surface area (TPSA) is 75.7 Å². The van der Waals surface area contributed by atoms with E-state index in [0.29, 0.717) is 24.5 Å². The normalized spacial score (nSPS) is 18.0. The average molecular weight is 374 g/mol. The lowest BCUT2D eigenvalue weighted by Crippen LogP contribution is -2.46. The van der Waals surface area contributed by atoms with Crippen LogP contribution in [0.2, 0.25) is 0 Å². The van der Waals surface area contributed by atoms with E-state index >= 15 is 0 Å². The first-order valence-corrected chi connectivity index (χ1v) is 10.2. The number of ether oxygens (including phenoxy) is 1. The van der Waals surface area contributed by atoms with E-state index in [1.54, 1.807) is 31.4 Å². The quantitative estimate of drug-likeness (QED) is 0.867. The zero-order valence-electron chi connectivity index (χ0n) is 14.6. The first kappa shape index (κ1) is 18.4. The second-order valence-corrected chi connectivity index (χ2v) is 8.53. The molecule has 0 bridgehead atoms. The Bertz CT molecular complexity index is 854. The van der Waals surface area contributed by atoms with Crippen LogP contribution >= 0.6 is 0 Å². The van der Waals surface area contributed by atoms with Gasteiger partial charge in [0.15, 0.2) is 9.84 Å². The molecule has 7 heteroatoms. The van der Waals surface area contributed by atoms with Crippen LogP contribution in [0.3, 0.4) is 0 Å². The van der Waals surface area contributed by atoms with Gasteiger partial charge in [0, 0.05) is 24.8 Å². The molecule has 1 aliphatic heterocycles. The molecule has 3 rings (SSSR count). The highest BCUT2D eigenvalue weighted by molar-refractivity contribution is 7.91. The van der Waals surface area contributed by atoms with Crippen molar-refractivity contribution in [2.45, 2.75) is 6.04 Å². The third-order valence-electron chi connectivity index (χ3n) is 4.45. The number of carbonyl (C=O) groups is 1. The highest BCUT2D eigenvalue weighted by Gasteiger charge is 2.32. The van der Waals surface area contributed by atoms with Crippen LogP contribution in [0.4, 0.5) is 5.69 Å². The molecule has 1 atom stereocenters.